The first-order chi connectivity index (χ1) is 10.8. The number of alkyl halides is 2. The molecule has 1 N–H and O–H groups in total. The monoisotopic (exact) mass is 361 g/mol. The van der Waals surface area contributed by atoms with E-state index in [4.69, 9.17) is 11.6 Å². The van der Waals surface area contributed by atoms with Crippen molar-refractivity contribution in [3.05, 3.63) is 58.6 Å². The van der Waals surface area contributed by atoms with E-state index >= 15 is 0 Å². The van der Waals surface area contributed by atoms with Gasteiger partial charge in [-0.1, -0.05) is 35.9 Å². The maximum absolute atomic E-state index is 12.4. The van der Waals surface area contributed by atoms with Crippen molar-refractivity contribution in [2.45, 2.75) is 25.0 Å². The zero-order chi connectivity index (χ0) is 17.0. The van der Waals surface area contributed by atoms with Crippen LogP contribution in [0.3, 0.4) is 0 Å². The van der Waals surface area contributed by atoms with Crippen LogP contribution in [0.25, 0.3) is 0 Å². The quantitative estimate of drug-likeness (QED) is 0.853. The van der Waals surface area contributed by atoms with E-state index in [2.05, 4.69) is 9.46 Å². The number of halogens is 3. The van der Waals surface area contributed by atoms with Crippen LogP contribution in [0.1, 0.15) is 11.1 Å². The fourth-order valence-electron chi connectivity index (χ4n) is 1.94. The molecular weight excluding hydrogens is 348 g/mol. The minimum Gasteiger partial charge on any atom is -0.434 e. The second-order valence-corrected chi connectivity index (χ2v) is 6.89. The number of hydrogen-bond donors (Lipinski definition) is 1. The van der Waals surface area contributed by atoms with Crippen LogP contribution in [0.15, 0.2) is 47.4 Å². The largest absolute Gasteiger partial charge is 0.434 e. The Morgan fingerprint density at radius 2 is 1.91 bits per heavy atom. The predicted octanol–water partition coefficient (Wildman–Crippen LogP) is 3.73. The summed E-state index contributed by atoms with van der Waals surface area (Å²) >= 11 is 5.95. The van der Waals surface area contributed by atoms with E-state index in [0.29, 0.717) is 5.56 Å². The van der Waals surface area contributed by atoms with Crippen LogP contribution >= 0.6 is 11.6 Å². The van der Waals surface area contributed by atoms with Crippen molar-refractivity contribution in [3.8, 4) is 5.75 Å². The van der Waals surface area contributed by atoms with Crippen LogP contribution < -0.4 is 9.46 Å². The zero-order valence-electron chi connectivity index (χ0n) is 12.1. The first kappa shape index (κ1) is 17.7. The molecule has 0 aliphatic heterocycles. The molecule has 0 saturated carbocycles. The molecule has 0 spiro atoms. The summed E-state index contributed by atoms with van der Waals surface area (Å²) in [6, 6.07) is 10.5. The Hall–Kier alpha value is -1.70. The molecule has 4 nitrogen and oxygen atoms in total. The number of ether oxygens (including phenoxy) is 1. The first-order valence-electron chi connectivity index (χ1n) is 6.58. The topological polar surface area (TPSA) is 55.4 Å². The molecule has 0 bridgehead atoms. The lowest BCUT2D eigenvalue weighted by Crippen LogP contribution is -2.24. The molecule has 0 unspecified atom stereocenters. The van der Waals surface area contributed by atoms with Gasteiger partial charge in [-0.25, -0.2) is 13.1 Å². The second kappa shape index (κ2) is 7.25. The van der Waals surface area contributed by atoms with Crippen molar-refractivity contribution in [3.63, 3.8) is 0 Å². The summed E-state index contributed by atoms with van der Waals surface area (Å²) in [6.07, 6.45) is 0. The summed E-state index contributed by atoms with van der Waals surface area (Å²) in [5.74, 6) is -0.0831. The van der Waals surface area contributed by atoms with E-state index < -0.39 is 16.6 Å². The van der Waals surface area contributed by atoms with Crippen molar-refractivity contribution < 1.29 is 21.9 Å². The smallest absolute Gasteiger partial charge is 0.387 e. The number of aryl methyl sites for hydroxylation is 1. The molecule has 2 aromatic carbocycles. The number of sulfonamides is 1. The molecule has 0 aliphatic rings. The summed E-state index contributed by atoms with van der Waals surface area (Å²) in [7, 11) is -3.88. The van der Waals surface area contributed by atoms with Gasteiger partial charge >= 0.3 is 6.61 Å². The molecule has 2 aromatic rings. The predicted molar refractivity (Wildman–Crippen MR) is 83.3 cm³/mol. The number of para-hydroxylation sites is 1. The highest BCUT2D eigenvalue weighted by atomic mass is 35.5. The minimum atomic E-state index is -3.88. The van der Waals surface area contributed by atoms with Gasteiger partial charge in [-0.2, -0.15) is 8.78 Å². The molecule has 23 heavy (non-hydrogen) atoms. The average Bonchev–Trinajstić information content (AvgIpc) is 2.45. The molecule has 0 atom stereocenters. The molecule has 0 aromatic heterocycles. The van der Waals surface area contributed by atoms with Crippen molar-refractivity contribution in [2.24, 2.45) is 0 Å². The van der Waals surface area contributed by atoms with Crippen LogP contribution in [0, 0.1) is 6.92 Å². The lowest BCUT2D eigenvalue weighted by molar-refractivity contribution is -0.0504. The molecule has 124 valence electrons. The summed E-state index contributed by atoms with van der Waals surface area (Å²) in [6.45, 7) is -1.40. The van der Waals surface area contributed by atoms with Gasteiger partial charge in [-0.15, -0.1) is 0 Å². The Kier molecular flexibility index (Phi) is 5.56. The van der Waals surface area contributed by atoms with Crippen LogP contribution in [-0.2, 0) is 16.6 Å². The van der Waals surface area contributed by atoms with E-state index in [-0.39, 0.29) is 22.2 Å². The van der Waals surface area contributed by atoms with Crippen molar-refractivity contribution in [1.82, 2.24) is 4.72 Å². The third kappa shape index (κ3) is 4.63. The van der Waals surface area contributed by atoms with Gasteiger partial charge in [-0.05, 0) is 30.7 Å². The third-order valence-corrected chi connectivity index (χ3v) is 4.90. The van der Waals surface area contributed by atoms with Crippen molar-refractivity contribution in [2.75, 3.05) is 0 Å². The molecule has 2 rings (SSSR count). The SMILES string of the molecule is Cc1ccc(S(=O)(=O)NCc2ccccc2OC(F)F)c(Cl)c1. The third-order valence-electron chi connectivity index (χ3n) is 3.02. The van der Waals surface area contributed by atoms with Gasteiger partial charge in [-0.3, -0.25) is 0 Å². The van der Waals surface area contributed by atoms with Crippen molar-refractivity contribution in [1.29, 1.82) is 0 Å². The second-order valence-electron chi connectivity index (χ2n) is 4.74. The van der Waals surface area contributed by atoms with Gasteiger partial charge in [0.15, 0.2) is 0 Å². The highest BCUT2D eigenvalue weighted by Gasteiger charge is 2.18. The number of rotatable bonds is 6. The fraction of sp³-hybridized carbons (Fsp3) is 0.200. The Morgan fingerprint density at radius 1 is 1.22 bits per heavy atom. The molecule has 0 amide bonds. The molecule has 0 heterocycles. The van der Waals surface area contributed by atoms with Gasteiger partial charge in [0.05, 0.1) is 5.02 Å². The standard InChI is InChI=1S/C15H14ClF2NO3S/c1-10-6-7-14(12(16)8-10)23(20,21)19-9-11-4-2-3-5-13(11)22-15(17)18/h2-8,15,19H,9H2,1H3. The van der Waals surface area contributed by atoms with Gasteiger partial charge < -0.3 is 4.74 Å². The minimum absolute atomic E-state index is 0.0722. The number of hydrogen-bond acceptors (Lipinski definition) is 3. The zero-order valence-corrected chi connectivity index (χ0v) is 13.7. The van der Waals surface area contributed by atoms with Crippen LogP contribution in [-0.4, -0.2) is 15.0 Å². The summed E-state index contributed by atoms with van der Waals surface area (Å²) < 4.78 is 56.0. The van der Waals surface area contributed by atoms with E-state index in [9.17, 15) is 17.2 Å². The summed E-state index contributed by atoms with van der Waals surface area (Å²) in [4.78, 5) is -0.0722. The lowest BCUT2D eigenvalue weighted by Gasteiger charge is -2.12. The Morgan fingerprint density at radius 3 is 2.57 bits per heavy atom. The van der Waals surface area contributed by atoms with Crippen LogP contribution in [0.4, 0.5) is 8.78 Å². The van der Waals surface area contributed by atoms with Crippen LogP contribution in [0.2, 0.25) is 5.02 Å². The summed E-state index contributed by atoms with van der Waals surface area (Å²) in [5.41, 5.74) is 1.12. The maximum Gasteiger partial charge on any atom is 0.387 e. The molecule has 8 heteroatoms. The van der Waals surface area contributed by atoms with Crippen LogP contribution in [0.5, 0.6) is 5.75 Å². The molecule has 0 aliphatic carbocycles. The fourth-order valence-corrected chi connectivity index (χ4v) is 3.54. The normalized spacial score (nSPS) is 11.7. The van der Waals surface area contributed by atoms with Gasteiger partial charge in [0.25, 0.3) is 0 Å². The van der Waals surface area contributed by atoms with Gasteiger partial charge in [0.2, 0.25) is 10.0 Å². The highest BCUT2D eigenvalue weighted by Crippen LogP contribution is 2.24. The van der Waals surface area contributed by atoms with E-state index in [1.807, 2.05) is 0 Å². The Bertz CT molecular complexity index is 797. The number of benzene rings is 2. The lowest BCUT2D eigenvalue weighted by atomic mass is 10.2. The summed E-state index contributed by atoms with van der Waals surface area (Å²) in [5, 5.41) is 0.0922. The molecule has 0 fully saturated rings. The van der Waals surface area contributed by atoms with E-state index in [1.54, 1.807) is 19.1 Å². The van der Waals surface area contributed by atoms with Gasteiger partial charge in [0, 0.05) is 12.1 Å². The average molecular weight is 362 g/mol. The maximum atomic E-state index is 12.4. The van der Waals surface area contributed by atoms with Gasteiger partial charge in [0.1, 0.15) is 10.6 Å². The Labute approximate surface area is 138 Å². The van der Waals surface area contributed by atoms with E-state index in [1.165, 1.54) is 30.3 Å². The first-order valence-corrected chi connectivity index (χ1v) is 8.44. The highest BCUT2D eigenvalue weighted by molar-refractivity contribution is 7.89. The van der Waals surface area contributed by atoms with E-state index in [0.717, 1.165) is 5.56 Å². The molecular formula is C15H14ClF2NO3S. The molecule has 0 saturated heterocycles. The Balaban J connectivity index is 2.20. The molecule has 0 radical (unpaired) electrons. The van der Waals surface area contributed by atoms with Crippen molar-refractivity contribution >= 4 is 21.6 Å². The number of nitrogens with one attached hydrogen (secondary N) is 1.